The van der Waals surface area contributed by atoms with Crippen LogP contribution in [0.2, 0.25) is 0 Å². The van der Waals surface area contributed by atoms with Crippen molar-refractivity contribution in [2.75, 3.05) is 26.7 Å². The van der Waals surface area contributed by atoms with Gasteiger partial charge in [0, 0.05) is 39.3 Å². The number of hydrogen-bond donors (Lipinski definition) is 3. The van der Waals surface area contributed by atoms with Crippen LogP contribution in [-0.2, 0) is 13.0 Å². The summed E-state index contributed by atoms with van der Waals surface area (Å²) in [4.78, 5) is 6.76. The average Bonchev–Trinajstić information content (AvgIpc) is 2.74. The standard InChI is InChI=1S/C23H31FN4O.HI/c1-25-23(26-14-2-3-18-6-10-22(29)11-7-18)27-21-12-15-28(16-13-21)17-19-4-8-20(24)9-5-19;/h4-11,21,29H,2-3,12-17H2,1H3,(H2,25,26,27);1H. The number of piperidine rings is 1. The van der Waals surface area contributed by atoms with E-state index in [1.165, 1.54) is 17.7 Å². The lowest BCUT2D eigenvalue weighted by atomic mass is 10.0. The summed E-state index contributed by atoms with van der Waals surface area (Å²) in [5.41, 5.74) is 2.38. The molecule has 2 aromatic carbocycles. The summed E-state index contributed by atoms with van der Waals surface area (Å²) in [5, 5.41) is 16.3. The Labute approximate surface area is 195 Å². The number of phenols is 1. The predicted molar refractivity (Wildman–Crippen MR) is 131 cm³/mol. The van der Waals surface area contributed by atoms with Crippen LogP contribution in [0, 0.1) is 5.82 Å². The maximum Gasteiger partial charge on any atom is 0.191 e. The van der Waals surface area contributed by atoms with Crippen molar-refractivity contribution in [3.63, 3.8) is 0 Å². The molecule has 0 saturated carbocycles. The fourth-order valence-corrected chi connectivity index (χ4v) is 3.63. The Morgan fingerprint density at radius 3 is 2.33 bits per heavy atom. The van der Waals surface area contributed by atoms with Crippen molar-refractivity contribution in [1.82, 2.24) is 15.5 Å². The Bertz CT molecular complexity index is 775. The maximum absolute atomic E-state index is 13.0. The molecular formula is C23H32FIN4O. The summed E-state index contributed by atoms with van der Waals surface area (Å²) in [6.07, 6.45) is 4.10. The molecule has 3 rings (SSSR count). The minimum Gasteiger partial charge on any atom is -0.508 e. The Hall–Kier alpha value is -1.87. The highest BCUT2D eigenvalue weighted by Gasteiger charge is 2.20. The molecule has 0 radical (unpaired) electrons. The predicted octanol–water partition coefficient (Wildman–Crippen LogP) is 3.91. The molecule has 30 heavy (non-hydrogen) atoms. The molecule has 1 fully saturated rings. The van der Waals surface area contributed by atoms with E-state index < -0.39 is 0 Å². The third kappa shape index (κ3) is 8.10. The first-order valence-electron chi connectivity index (χ1n) is 10.3. The molecule has 7 heteroatoms. The number of hydrogen-bond acceptors (Lipinski definition) is 3. The third-order valence-electron chi connectivity index (χ3n) is 5.34. The number of likely N-dealkylation sites (tertiary alicyclic amines) is 1. The average molecular weight is 526 g/mol. The summed E-state index contributed by atoms with van der Waals surface area (Å²) in [7, 11) is 1.80. The monoisotopic (exact) mass is 526 g/mol. The number of aromatic hydroxyl groups is 1. The summed E-state index contributed by atoms with van der Waals surface area (Å²) in [5.74, 6) is 0.978. The normalized spacial score (nSPS) is 15.5. The van der Waals surface area contributed by atoms with Gasteiger partial charge in [0.25, 0.3) is 0 Å². The first kappa shape index (κ1) is 24.4. The number of phenolic OH excluding ortho intramolecular Hbond substituents is 1. The second-order valence-corrected chi connectivity index (χ2v) is 7.59. The molecule has 0 spiro atoms. The van der Waals surface area contributed by atoms with E-state index in [-0.39, 0.29) is 29.8 Å². The van der Waals surface area contributed by atoms with E-state index in [4.69, 9.17) is 0 Å². The van der Waals surface area contributed by atoms with E-state index in [1.807, 2.05) is 24.3 Å². The van der Waals surface area contributed by atoms with Crippen molar-refractivity contribution < 1.29 is 9.50 Å². The first-order valence-corrected chi connectivity index (χ1v) is 10.3. The first-order chi connectivity index (χ1) is 14.1. The van der Waals surface area contributed by atoms with Crippen LogP contribution in [0.25, 0.3) is 0 Å². The van der Waals surface area contributed by atoms with E-state index in [9.17, 15) is 9.50 Å². The molecule has 0 amide bonds. The van der Waals surface area contributed by atoms with Gasteiger partial charge in [0.1, 0.15) is 11.6 Å². The number of aliphatic imine (C=N–C) groups is 1. The van der Waals surface area contributed by atoms with E-state index in [0.717, 1.165) is 63.4 Å². The molecule has 3 N–H and O–H groups in total. The third-order valence-corrected chi connectivity index (χ3v) is 5.34. The molecule has 0 aromatic heterocycles. The zero-order valence-corrected chi connectivity index (χ0v) is 19.8. The molecule has 5 nitrogen and oxygen atoms in total. The zero-order chi connectivity index (χ0) is 20.5. The van der Waals surface area contributed by atoms with Crippen LogP contribution in [0.15, 0.2) is 53.5 Å². The molecule has 2 aromatic rings. The fraction of sp³-hybridized carbons (Fsp3) is 0.435. The second kappa shape index (κ2) is 12.7. The van der Waals surface area contributed by atoms with Crippen molar-refractivity contribution in [2.45, 2.75) is 38.3 Å². The zero-order valence-electron chi connectivity index (χ0n) is 17.5. The highest BCUT2D eigenvalue weighted by Crippen LogP contribution is 2.14. The summed E-state index contributed by atoms with van der Waals surface area (Å²) >= 11 is 0. The quantitative estimate of drug-likeness (QED) is 0.222. The van der Waals surface area contributed by atoms with Gasteiger partial charge in [0.2, 0.25) is 0 Å². The maximum atomic E-state index is 13.0. The fourth-order valence-electron chi connectivity index (χ4n) is 3.63. The Balaban J connectivity index is 0.00000320. The van der Waals surface area contributed by atoms with E-state index in [0.29, 0.717) is 11.8 Å². The molecule has 164 valence electrons. The number of guanidine groups is 1. The second-order valence-electron chi connectivity index (χ2n) is 7.59. The van der Waals surface area contributed by atoms with Crippen LogP contribution in [0.1, 0.15) is 30.4 Å². The van der Waals surface area contributed by atoms with Crippen molar-refractivity contribution in [3.05, 3.63) is 65.5 Å². The number of rotatable bonds is 7. The molecule has 1 saturated heterocycles. The van der Waals surface area contributed by atoms with Crippen molar-refractivity contribution >= 4 is 29.9 Å². The number of aryl methyl sites for hydroxylation is 1. The molecule has 1 aliphatic rings. The van der Waals surface area contributed by atoms with Gasteiger partial charge in [-0.25, -0.2) is 4.39 Å². The highest BCUT2D eigenvalue weighted by atomic mass is 127. The van der Waals surface area contributed by atoms with Gasteiger partial charge in [0.05, 0.1) is 0 Å². The van der Waals surface area contributed by atoms with Gasteiger partial charge in [0.15, 0.2) is 5.96 Å². The van der Waals surface area contributed by atoms with Crippen molar-refractivity contribution in [1.29, 1.82) is 0 Å². The molecule has 1 heterocycles. The summed E-state index contributed by atoms with van der Waals surface area (Å²) in [6, 6.07) is 14.6. The van der Waals surface area contributed by atoms with Crippen molar-refractivity contribution in [2.24, 2.45) is 4.99 Å². The van der Waals surface area contributed by atoms with Gasteiger partial charge in [-0.1, -0.05) is 24.3 Å². The summed E-state index contributed by atoms with van der Waals surface area (Å²) < 4.78 is 13.0. The lowest BCUT2D eigenvalue weighted by Crippen LogP contribution is -2.48. The molecule has 0 aliphatic carbocycles. The van der Waals surface area contributed by atoms with Crippen LogP contribution < -0.4 is 10.6 Å². The topological polar surface area (TPSA) is 59.9 Å². The molecule has 0 atom stereocenters. The largest absolute Gasteiger partial charge is 0.508 e. The SMILES string of the molecule is CN=C(NCCCc1ccc(O)cc1)NC1CCN(Cc2ccc(F)cc2)CC1.I. The van der Waals surface area contributed by atoms with Crippen LogP contribution in [0.3, 0.4) is 0 Å². The van der Waals surface area contributed by atoms with Crippen LogP contribution >= 0.6 is 24.0 Å². The number of halogens is 2. The Morgan fingerprint density at radius 1 is 1.07 bits per heavy atom. The minimum atomic E-state index is -0.182. The Morgan fingerprint density at radius 2 is 1.70 bits per heavy atom. The van der Waals surface area contributed by atoms with Gasteiger partial charge >= 0.3 is 0 Å². The van der Waals surface area contributed by atoms with Gasteiger partial charge in [-0.3, -0.25) is 9.89 Å². The minimum absolute atomic E-state index is 0. The van der Waals surface area contributed by atoms with Gasteiger partial charge in [-0.05, 0) is 61.1 Å². The molecule has 0 bridgehead atoms. The van der Waals surface area contributed by atoms with E-state index in [1.54, 1.807) is 19.2 Å². The number of nitrogens with zero attached hydrogens (tertiary/aromatic N) is 2. The Kier molecular flexibility index (Phi) is 10.4. The highest BCUT2D eigenvalue weighted by molar-refractivity contribution is 14.0. The van der Waals surface area contributed by atoms with Gasteiger partial charge < -0.3 is 15.7 Å². The van der Waals surface area contributed by atoms with E-state index in [2.05, 4.69) is 20.5 Å². The lowest BCUT2D eigenvalue weighted by Gasteiger charge is -2.33. The van der Waals surface area contributed by atoms with Crippen LogP contribution in [-0.4, -0.2) is 48.7 Å². The summed E-state index contributed by atoms with van der Waals surface area (Å²) in [6.45, 7) is 3.76. The van der Waals surface area contributed by atoms with E-state index >= 15 is 0 Å². The van der Waals surface area contributed by atoms with Gasteiger partial charge in [-0.2, -0.15) is 0 Å². The number of benzene rings is 2. The van der Waals surface area contributed by atoms with Crippen molar-refractivity contribution in [3.8, 4) is 5.75 Å². The van der Waals surface area contributed by atoms with Crippen LogP contribution in [0.4, 0.5) is 4.39 Å². The molecular weight excluding hydrogens is 494 g/mol. The lowest BCUT2D eigenvalue weighted by molar-refractivity contribution is 0.198. The smallest absolute Gasteiger partial charge is 0.191 e. The molecule has 1 aliphatic heterocycles. The van der Waals surface area contributed by atoms with Gasteiger partial charge in [-0.15, -0.1) is 24.0 Å². The molecule has 0 unspecified atom stereocenters. The number of nitrogens with one attached hydrogen (secondary N) is 2. The van der Waals surface area contributed by atoms with Crippen LogP contribution in [0.5, 0.6) is 5.75 Å².